The van der Waals surface area contributed by atoms with Gasteiger partial charge in [-0.15, -0.1) is 0 Å². The van der Waals surface area contributed by atoms with E-state index in [1.165, 1.54) is 12.3 Å². The summed E-state index contributed by atoms with van der Waals surface area (Å²) in [6.45, 7) is 1.79. The summed E-state index contributed by atoms with van der Waals surface area (Å²) in [6.07, 6.45) is 2.79. The molecule has 1 atom stereocenters. The molecule has 0 spiro atoms. The van der Waals surface area contributed by atoms with E-state index in [-0.39, 0.29) is 18.4 Å². The summed E-state index contributed by atoms with van der Waals surface area (Å²) in [5, 5.41) is 0. The minimum Gasteiger partial charge on any atom is -0.477 e. The molecule has 2 aromatic rings. The van der Waals surface area contributed by atoms with Gasteiger partial charge in [0.05, 0.1) is 6.61 Å². The topological polar surface area (TPSA) is 51.1 Å². The van der Waals surface area contributed by atoms with Gasteiger partial charge in [0.25, 0.3) is 0 Å². The van der Waals surface area contributed by atoms with Crippen molar-refractivity contribution in [2.24, 2.45) is 5.92 Å². The molecule has 0 aromatic carbocycles. The highest BCUT2D eigenvalue weighted by Gasteiger charge is 2.35. The smallest absolute Gasteiger partial charge is 0.421 e. The number of pyridine rings is 1. The van der Waals surface area contributed by atoms with Gasteiger partial charge in [-0.3, -0.25) is 0 Å². The average Bonchev–Trinajstić information content (AvgIpc) is 3.52. The predicted molar refractivity (Wildman–Crippen MR) is 93.7 cm³/mol. The summed E-state index contributed by atoms with van der Waals surface area (Å²) < 4.78 is 44.7. The van der Waals surface area contributed by atoms with E-state index in [0.29, 0.717) is 12.5 Å². The molecule has 8 heteroatoms. The maximum atomic E-state index is 13.1. The number of hydrogen-bond acceptors (Lipinski definition) is 5. The Bertz CT molecular complexity index is 795. The van der Waals surface area contributed by atoms with Crippen molar-refractivity contribution in [3.63, 3.8) is 0 Å². The number of rotatable bonds is 5. The first-order valence-electron chi connectivity index (χ1n) is 9.23. The number of halogens is 3. The van der Waals surface area contributed by atoms with Gasteiger partial charge in [-0.2, -0.15) is 13.2 Å². The summed E-state index contributed by atoms with van der Waals surface area (Å²) in [7, 11) is 0. The van der Waals surface area contributed by atoms with Crippen LogP contribution in [0.3, 0.4) is 0 Å². The van der Waals surface area contributed by atoms with Gasteiger partial charge < -0.3 is 9.64 Å². The summed E-state index contributed by atoms with van der Waals surface area (Å²) in [4.78, 5) is 15.0. The van der Waals surface area contributed by atoms with Crippen LogP contribution >= 0.6 is 0 Å². The third-order valence-corrected chi connectivity index (χ3v) is 4.98. The molecule has 144 valence electrons. The normalized spacial score (nSPS) is 20.6. The summed E-state index contributed by atoms with van der Waals surface area (Å²) >= 11 is 0. The first kappa shape index (κ1) is 18.0. The second-order valence-corrected chi connectivity index (χ2v) is 7.17. The fourth-order valence-corrected chi connectivity index (χ4v) is 3.41. The molecule has 2 aliphatic rings. The van der Waals surface area contributed by atoms with E-state index in [1.807, 2.05) is 6.07 Å². The third-order valence-electron chi connectivity index (χ3n) is 4.98. The van der Waals surface area contributed by atoms with E-state index in [2.05, 4.69) is 19.9 Å². The maximum Gasteiger partial charge on any atom is 0.421 e. The summed E-state index contributed by atoms with van der Waals surface area (Å²) in [5.41, 5.74) is -0.831. The van der Waals surface area contributed by atoms with Gasteiger partial charge in [-0.05, 0) is 43.9 Å². The lowest BCUT2D eigenvalue weighted by Gasteiger charge is -2.33. The van der Waals surface area contributed by atoms with Crippen LogP contribution in [0.5, 0.6) is 5.88 Å². The van der Waals surface area contributed by atoms with Gasteiger partial charge >= 0.3 is 6.18 Å². The molecule has 0 bridgehead atoms. The van der Waals surface area contributed by atoms with Crippen molar-refractivity contribution < 1.29 is 17.9 Å². The van der Waals surface area contributed by atoms with Crippen LogP contribution in [0.4, 0.5) is 19.0 Å². The second kappa shape index (κ2) is 7.32. The van der Waals surface area contributed by atoms with Crippen LogP contribution in [0.25, 0.3) is 0 Å². The Kier molecular flexibility index (Phi) is 4.88. The van der Waals surface area contributed by atoms with Crippen LogP contribution in [-0.2, 0) is 6.18 Å². The summed E-state index contributed by atoms with van der Waals surface area (Å²) in [5.74, 6) is 2.06. The van der Waals surface area contributed by atoms with Crippen LogP contribution in [-0.4, -0.2) is 34.6 Å². The Morgan fingerprint density at radius 2 is 1.96 bits per heavy atom. The molecule has 4 rings (SSSR count). The molecule has 0 N–H and O–H groups in total. The van der Waals surface area contributed by atoms with Gasteiger partial charge in [0, 0.05) is 37.3 Å². The van der Waals surface area contributed by atoms with Gasteiger partial charge in [0.15, 0.2) is 0 Å². The lowest BCUT2D eigenvalue weighted by Crippen LogP contribution is -2.38. The Morgan fingerprint density at radius 3 is 2.74 bits per heavy atom. The van der Waals surface area contributed by atoms with Gasteiger partial charge in [-0.1, -0.05) is 0 Å². The molecule has 1 unspecified atom stereocenters. The minimum atomic E-state index is -4.47. The molecule has 5 nitrogen and oxygen atoms in total. The summed E-state index contributed by atoms with van der Waals surface area (Å²) in [6, 6.07) is 4.16. The van der Waals surface area contributed by atoms with Gasteiger partial charge in [0.2, 0.25) is 5.88 Å². The van der Waals surface area contributed by atoms with Crippen LogP contribution in [0.15, 0.2) is 30.6 Å². The van der Waals surface area contributed by atoms with E-state index < -0.39 is 11.7 Å². The van der Waals surface area contributed by atoms with Crippen molar-refractivity contribution in [3.8, 4) is 5.88 Å². The SMILES string of the molecule is FC(F)(F)c1cccnc1OCC1CCCN(c2ccnc(C3CC3)n2)C1. The molecule has 0 radical (unpaired) electrons. The molecule has 0 amide bonds. The first-order chi connectivity index (χ1) is 13.0. The number of hydrogen-bond donors (Lipinski definition) is 0. The minimum absolute atomic E-state index is 0.126. The average molecular weight is 378 g/mol. The second-order valence-electron chi connectivity index (χ2n) is 7.17. The molecular weight excluding hydrogens is 357 g/mol. The fourth-order valence-electron chi connectivity index (χ4n) is 3.41. The zero-order valence-corrected chi connectivity index (χ0v) is 14.8. The van der Waals surface area contributed by atoms with Crippen molar-refractivity contribution in [1.82, 2.24) is 15.0 Å². The Morgan fingerprint density at radius 1 is 1.11 bits per heavy atom. The van der Waals surface area contributed by atoms with Gasteiger partial charge in [-0.25, -0.2) is 15.0 Å². The van der Waals surface area contributed by atoms with E-state index in [4.69, 9.17) is 4.74 Å². The van der Waals surface area contributed by atoms with E-state index in [9.17, 15) is 13.2 Å². The monoisotopic (exact) mass is 378 g/mol. The van der Waals surface area contributed by atoms with Crippen LogP contribution in [0.1, 0.15) is 43.0 Å². The molecule has 1 aliphatic carbocycles. The standard InChI is InChI=1S/C19H21F3N4O/c20-19(21,22)15-4-1-8-24-18(15)27-12-13-3-2-10-26(11-13)16-7-9-23-17(25-16)14-5-6-14/h1,4,7-9,13-14H,2-3,5-6,10-12H2. The lowest BCUT2D eigenvalue weighted by molar-refractivity contribution is -0.139. The number of aromatic nitrogens is 3. The fraction of sp³-hybridized carbons (Fsp3) is 0.526. The predicted octanol–water partition coefficient (Wildman–Crippen LogP) is 4.06. The highest BCUT2D eigenvalue weighted by Crippen LogP contribution is 2.38. The first-order valence-corrected chi connectivity index (χ1v) is 9.23. The number of alkyl halides is 3. The van der Waals surface area contributed by atoms with E-state index in [0.717, 1.165) is 49.9 Å². The third kappa shape index (κ3) is 4.31. The van der Waals surface area contributed by atoms with E-state index >= 15 is 0 Å². The lowest BCUT2D eigenvalue weighted by atomic mass is 9.99. The molecule has 3 heterocycles. The van der Waals surface area contributed by atoms with Crippen LogP contribution in [0.2, 0.25) is 0 Å². The Hall–Kier alpha value is -2.38. The molecule has 1 saturated heterocycles. The van der Waals surface area contributed by atoms with E-state index in [1.54, 1.807) is 6.20 Å². The van der Waals surface area contributed by atoms with Crippen molar-refractivity contribution in [3.05, 3.63) is 42.0 Å². The number of anilines is 1. The molecule has 2 fully saturated rings. The van der Waals surface area contributed by atoms with Crippen molar-refractivity contribution in [2.75, 3.05) is 24.6 Å². The zero-order valence-electron chi connectivity index (χ0n) is 14.8. The number of piperidine rings is 1. The van der Waals surface area contributed by atoms with Crippen molar-refractivity contribution >= 4 is 5.82 Å². The molecule has 2 aromatic heterocycles. The van der Waals surface area contributed by atoms with Crippen molar-refractivity contribution in [2.45, 2.75) is 37.8 Å². The number of ether oxygens (including phenoxy) is 1. The maximum absolute atomic E-state index is 13.1. The quantitative estimate of drug-likeness (QED) is 0.785. The highest BCUT2D eigenvalue weighted by molar-refractivity contribution is 5.39. The Balaban J connectivity index is 1.40. The molecule has 1 aliphatic heterocycles. The zero-order chi connectivity index (χ0) is 18.9. The largest absolute Gasteiger partial charge is 0.477 e. The molecule has 27 heavy (non-hydrogen) atoms. The molecular formula is C19H21F3N4O. The van der Waals surface area contributed by atoms with Crippen molar-refractivity contribution in [1.29, 1.82) is 0 Å². The highest BCUT2D eigenvalue weighted by atomic mass is 19.4. The number of nitrogens with zero attached hydrogens (tertiary/aromatic N) is 4. The molecule has 1 saturated carbocycles. The van der Waals surface area contributed by atoms with Gasteiger partial charge in [0.1, 0.15) is 17.2 Å². The Labute approximate surface area is 155 Å². The van der Waals surface area contributed by atoms with Crippen LogP contribution < -0.4 is 9.64 Å². The van der Waals surface area contributed by atoms with Crippen LogP contribution in [0, 0.1) is 5.92 Å².